The molecule has 1 amide bonds. The number of rotatable bonds is 2. The number of carbonyl (C=O) groups excluding carboxylic acids is 1. The van der Waals surface area contributed by atoms with Gasteiger partial charge in [-0.15, -0.1) is 0 Å². The van der Waals surface area contributed by atoms with Crippen LogP contribution in [0.15, 0.2) is 18.2 Å². The van der Waals surface area contributed by atoms with Crippen molar-refractivity contribution in [1.29, 1.82) is 0 Å². The van der Waals surface area contributed by atoms with E-state index in [2.05, 4.69) is 10.6 Å². The summed E-state index contributed by atoms with van der Waals surface area (Å²) in [6, 6.07) is 4.35. The van der Waals surface area contributed by atoms with E-state index in [1.165, 1.54) is 12.1 Å². The zero-order chi connectivity index (χ0) is 13.2. The van der Waals surface area contributed by atoms with Crippen LogP contribution in [0.3, 0.4) is 0 Å². The second kappa shape index (κ2) is 5.24. The first-order valence-electron chi connectivity index (χ1n) is 5.99. The van der Waals surface area contributed by atoms with Crippen LogP contribution in [0.2, 0.25) is 5.02 Å². The van der Waals surface area contributed by atoms with Crippen molar-refractivity contribution in [2.45, 2.75) is 19.8 Å². The fourth-order valence-corrected chi connectivity index (χ4v) is 2.34. The van der Waals surface area contributed by atoms with Crippen molar-refractivity contribution in [3.8, 4) is 0 Å². The van der Waals surface area contributed by atoms with Crippen molar-refractivity contribution in [3.05, 3.63) is 29.0 Å². The van der Waals surface area contributed by atoms with Crippen molar-refractivity contribution >= 4 is 23.2 Å². The Hall–Kier alpha value is -1.13. The zero-order valence-electron chi connectivity index (χ0n) is 10.2. The van der Waals surface area contributed by atoms with Gasteiger partial charge in [0.15, 0.2) is 0 Å². The standard InChI is InChI=1S/C13H16ClFN2O/c1-13(6-3-7-16-8-13)12(18)17-11-9(14)4-2-5-10(11)15/h2,4-5,16H,3,6-8H2,1H3,(H,17,18). The van der Waals surface area contributed by atoms with E-state index in [4.69, 9.17) is 11.6 Å². The normalized spacial score (nSPS) is 23.7. The molecule has 3 nitrogen and oxygen atoms in total. The van der Waals surface area contributed by atoms with E-state index in [1.807, 2.05) is 6.92 Å². The molecule has 1 aromatic rings. The minimum absolute atomic E-state index is 0.0657. The molecule has 0 aliphatic carbocycles. The first kappa shape index (κ1) is 13.3. The molecule has 1 fully saturated rings. The number of piperidine rings is 1. The minimum Gasteiger partial charge on any atom is -0.322 e. The summed E-state index contributed by atoms with van der Waals surface area (Å²) in [5.74, 6) is -0.704. The van der Waals surface area contributed by atoms with Crippen molar-refractivity contribution in [2.24, 2.45) is 5.41 Å². The van der Waals surface area contributed by atoms with Crippen LogP contribution in [-0.4, -0.2) is 19.0 Å². The second-order valence-electron chi connectivity index (χ2n) is 4.89. The molecule has 1 aliphatic rings. The molecule has 18 heavy (non-hydrogen) atoms. The highest BCUT2D eigenvalue weighted by atomic mass is 35.5. The lowest BCUT2D eigenvalue weighted by molar-refractivity contribution is -0.125. The summed E-state index contributed by atoms with van der Waals surface area (Å²) in [5.41, 5.74) is -0.444. The maximum absolute atomic E-state index is 13.6. The van der Waals surface area contributed by atoms with Crippen LogP contribution in [0, 0.1) is 11.2 Å². The molecule has 2 rings (SSSR count). The molecule has 1 aliphatic heterocycles. The third-order valence-electron chi connectivity index (χ3n) is 3.35. The highest BCUT2D eigenvalue weighted by molar-refractivity contribution is 6.33. The van der Waals surface area contributed by atoms with E-state index >= 15 is 0 Å². The van der Waals surface area contributed by atoms with Gasteiger partial charge in [0.05, 0.1) is 16.1 Å². The Balaban J connectivity index is 2.16. The van der Waals surface area contributed by atoms with Gasteiger partial charge in [-0.2, -0.15) is 0 Å². The van der Waals surface area contributed by atoms with Gasteiger partial charge >= 0.3 is 0 Å². The van der Waals surface area contributed by atoms with Crippen LogP contribution in [0.5, 0.6) is 0 Å². The summed E-state index contributed by atoms with van der Waals surface area (Å²) in [7, 11) is 0. The summed E-state index contributed by atoms with van der Waals surface area (Å²) in [4.78, 5) is 12.2. The van der Waals surface area contributed by atoms with E-state index < -0.39 is 11.2 Å². The van der Waals surface area contributed by atoms with Gasteiger partial charge in [-0.3, -0.25) is 4.79 Å². The molecule has 98 valence electrons. The monoisotopic (exact) mass is 270 g/mol. The predicted molar refractivity (Wildman–Crippen MR) is 70.3 cm³/mol. The third kappa shape index (κ3) is 2.65. The van der Waals surface area contributed by atoms with Gasteiger partial charge in [0.2, 0.25) is 5.91 Å². The molecule has 0 aromatic heterocycles. The lowest BCUT2D eigenvalue weighted by Crippen LogP contribution is -2.46. The third-order valence-corrected chi connectivity index (χ3v) is 3.66. The van der Waals surface area contributed by atoms with Crippen molar-refractivity contribution in [3.63, 3.8) is 0 Å². The van der Waals surface area contributed by atoms with Crippen LogP contribution in [-0.2, 0) is 4.79 Å². The van der Waals surface area contributed by atoms with Crippen molar-refractivity contribution < 1.29 is 9.18 Å². The lowest BCUT2D eigenvalue weighted by atomic mass is 9.82. The molecule has 1 atom stereocenters. The number of carbonyl (C=O) groups is 1. The maximum atomic E-state index is 13.6. The van der Waals surface area contributed by atoms with E-state index in [-0.39, 0.29) is 16.6 Å². The molecule has 0 bridgehead atoms. The van der Waals surface area contributed by atoms with Crippen LogP contribution in [0.1, 0.15) is 19.8 Å². The lowest BCUT2D eigenvalue weighted by Gasteiger charge is -2.32. The van der Waals surface area contributed by atoms with Gasteiger partial charge < -0.3 is 10.6 Å². The van der Waals surface area contributed by atoms with Crippen LogP contribution in [0.25, 0.3) is 0 Å². The van der Waals surface area contributed by atoms with Gasteiger partial charge in [0, 0.05) is 6.54 Å². The second-order valence-corrected chi connectivity index (χ2v) is 5.30. The maximum Gasteiger partial charge on any atom is 0.231 e. The summed E-state index contributed by atoms with van der Waals surface area (Å²) in [5, 5.41) is 6.00. The Bertz CT molecular complexity index is 438. The molecule has 2 N–H and O–H groups in total. The summed E-state index contributed by atoms with van der Waals surface area (Å²) in [6.07, 6.45) is 1.73. The highest BCUT2D eigenvalue weighted by Gasteiger charge is 2.35. The molecule has 1 saturated heterocycles. The van der Waals surface area contributed by atoms with Gasteiger partial charge in [-0.05, 0) is 38.4 Å². The topological polar surface area (TPSA) is 41.1 Å². The Labute approximate surface area is 111 Å². The van der Waals surface area contributed by atoms with Gasteiger partial charge in [0.1, 0.15) is 5.82 Å². The molecule has 5 heteroatoms. The van der Waals surface area contributed by atoms with Crippen molar-refractivity contribution in [1.82, 2.24) is 5.32 Å². The quantitative estimate of drug-likeness (QED) is 0.868. The number of hydrogen-bond acceptors (Lipinski definition) is 2. The van der Waals surface area contributed by atoms with Crippen molar-refractivity contribution in [2.75, 3.05) is 18.4 Å². The molecule has 0 saturated carbocycles. The average molecular weight is 271 g/mol. The SMILES string of the molecule is CC1(C(=O)Nc2c(F)cccc2Cl)CCCNC1. The van der Waals surface area contributed by atoms with Gasteiger partial charge in [-0.25, -0.2) is 4.39 Å². The molecular formula is C13H16ClFN2O. The Morgan fingerprint density at radius 2 is 2.33 bits per heavy atom. The summed E-state index contributed by atoms with van der Waals surface area (Å²) < 4.78 is 13.6. The van der Waals surface area contributed by atoms with E-state index in [0.29, 0.717) is 6.54 Å². The molecule has 0 spiro atoms. The number of nitrogens with one attached hydrogen (secondary N) is 2. The summed E-state index contributed by atoms with van der Waals surface area (Å²) >= 11 is 5.89. The number of halogens is 2. The van der Waals surface area contributed by atoms with Crippen LogP contribution >= 0.6 is 11.6 Å². The minimum atomic E-state index is -0.511. The van der Waals surface area contributed by atoms with Gasteiger partial charge in [-0.1, -0.05) is 17.7 Å². The first-order chi connectivity index (χ1) is 8.53. The number of benzene rings is 1. The highest BCUT2D eigenvalue weighted by Crippen LogP contribution is 2.30. The molecule has 1 aromatic carbocycles. The Morgan fingerprint density at radius 3 is 2.94 bits per heavy atom. The van der Waals surface area contributed by atoms with Crippen LogP contribution in [0.4, 0.5) is 10.1 Å². The smallest absolute Gasteiger partial charge is 0.231 e. The average Bonchev–Trinajstić information content (AvgIpc) is 2.34. The molecular weight excluding hydrogens is 255 g/mol. The van der Waals surface area contributed by atoms with Crippen LogP contribution < -0.4 is 10.6 Å². The largest absolute Gasteiger partial charge is 0.322 e. The number of para-hydroxylation sites is 1. The Morgan fingerprint density at radius 1 is 1.56 bits per heavy atom. The predicted octanol–water partition coefficient (Wildman–Crippen LogP) is 2.81. The van der Waals surface area contributed by atoms with Gasteiger partial charge in [0.25, 0.3) is 0 Å². The number of amides is 1. The van der Waals surface area contributed by atoms with E-state index in [1.54, 1.807) is 6.07 Å². The first-order valence-corrected chi connectivity index (χ1v) is 6.37. The van der Waals surface area contributed by atoms with E-state index in [9.17, 15) is 9.18 Å². The zero-order valence-corrected chi connectivity index (χ0v) is 11.0. The fraction of sp³-hybridized carbons (Fsp3) is 0.462. The van der Waals surface area contributed by atoms with E-state index in [0.717, 1.165) is 19.4 Å². The molecule has 1 unspecified atom stereocenters. The Kier molecular flexibility index (Phi) is 3.88. The fourth-order valence-electron chi connectivity index (χ4n) is 2.13. The number of anilines is 1. The molecule has 1 heterocycles. The number of hydrogen-bond donors (Lipinski definition) is 2. The molecule has 0 radical (unpaired) electrons. The summed E-state index contributed by atoms with van der Waals surface area (Å²) in [6.45, 7) is 3.40.